The van der Waals surface area contributed by atoms with Crippen LogP contribution in [0.15, 0.2) is 30.3 Å². The van der Waals surface area contributed by atoms with Crippen LogP contribution in [0.25, 0.3) is 0 Å². The topological polar surface area (TPSA) is 23.5 Å². The predicted molar refractivity (Wildman–Crippen MR) is 69.0 cm³/mol. The van der Waals surface area contributed by atoms with E-state index in [-0.39, 0.29) is 0 Å². The first-order chi connectivity index (χ1) is 7.84. The predicted octanol–water partition coefficient (Wildman–Crippen LogP) is 4.24. The average molecular weight is 221 g/mol. The summed E-state index contributed by atoms with van der Waals surface area (Å²) in [4.78, 5) is 0. The molecule has 0 atom stereocenters. The number of hydrogen-bond acceptors (Lipinski definition) is 2. The van der Waals surface area contributed by atoms with Gasteiger partial charge in [0.2, 0.25) is 0 Å². The summed E-state index contributed by atoms with van der Waals surface area (Å²) < 4.78 is 0. The lowest BCUT2D eigenvalue weighted by molar-refractivity contribution is 0.251. The van der Waals surface area contributed by atoms with Crippen molar-refractivity contribution in [1.82, 2.24) is 0 Å². The number of unbranched alkanes of at least 4 members (excludes halogenated alkanes) is 5. The quantitative estimate of drug-likeness (QED) is 0.524. The summed E-state index contributed by atoms with van der Waals surface area (Å²) in [6.07, 6.45) is 7.51. The van der Waals surface area contributed by atoms with Gasteiger partial charge in [0.15, 0.2) is 0 Å². The lowest BCUT2D eigenvalue weighted by Gasteiger charge is -2.16. The SMILES string of the molecule is CCCCCCCCN(O)c1ccccc1. The van der Waals surface area contributed by atoms with E-state index in [0.717, 1.165) is 18.7 Å². The first-order valence-electron chi connectivity index (χ1n) is 6.36. The zero-order valence-electron chi connectivity index (χ0n) is 10.2. The van der Waals surface area contributed by atoms with Crippen LogP contribution in [0, 0.1) is 0 Å². The van der Waals surface area contributed by atoms with E-state index in [4.69, 9.17) is 0 Å². The molecule has 0 heterocycles. The molecular weight excluding hydrogens is 198 g/mol. The zero-order valence-corrected chi connectivity index (χ0v) is 10.2. The Labute approximate surface area is 98.9 Å². The van der Waals surface area contributed by atoms with Crippen LogP contribution >= 0.6 is 0 Å². The van der Waals surface area contributed by atoms with Crippen LogP contribution in [0.4, 0.5) is 5.69 Å². The first kappa shape index (κ1) is 13.0. The molecule has 0 aromatic heterocycles. The monoisotopic (exact) mass is 221 g/mol. The van der Waals surface area contributed by atoms with Crippen LogP contribution in [0.5, 0.6) is 0 Å². The normalized spacial score (nSPS) is 10.4. The third kappa shape index (κ3) is 5.17. The molecule has 0 saturated heterocycles. The Hall–Kier alpha value is -1.02. The summed E-state index contributed by atoms with van der Waals surface area (Å²) in [5, 5.41) is 11.1. The largest absolute Gasteiger partial charge is 0.288 e. The first-order valence-corrected chi connectivity index (χ1v) is 6.36. The van der Waals surface area contributed by atoms with Crippen molar-refractivity contribution in [2.45, 2.75) is 45.4 Å². The van der Waals surface area contributed by atoms with Crippen molar-refractivity contribution < 1.29 is 5.21 Å². The van der Waals surface area contributed by atoms with Crippen LogP contribution < -0.4 is 5.06 Å². The molecule has 1 aromatic rings. The van der Waals surface area contributed by atoms with E-state index in [0.29, 0.717) is 0 Å². The zero-order chi connectivity index (χ0) is 11.6. The van der Waals surface area contributed by atoms with Gasteiger partial charge >= 0.3 is 0 Å². The molecule has 1 aromatic carbocycles. The van der Waals surface area contributed by atoms with Crippen LogP contribution in [0.2, 0.25) is 0 Å². The standard InChI is InChI=1S/C14H23NO/c1-2-3-4-5-6-10-13-15(16)14-11-8-7-9-12-14/h7-9,11-12,16H,2-6,10,13H2,1H3. The maximum atomic E-state index is 9.76. The molecule has 0 aliphatic heterocycles. The molecule has 0 radical (unpaired) electrons. The molecule has 0 aliphatic rings. The van der Waals surface area contributed by atoms with Gasteiger partial charge in [-0.05, 0) is 18.6 Å². The minimum Gasteiger partial charge on any atom is -0.288 e. The fourth-order valence-electron chi connectivity index (χ4n) is 1.77. The third-order valence-electron chi connectivity index (χ3n) is 2.78. The van der Waals surface area contributed by atoms with Crippen molar-refractivity contribution in [1.29, 1.82) is 0 Å². The van der Waals surface area contributed by atoms with Crippen LogP contribution in [-0.2, 0) is 0 Å². The summed E-state index contributed by atoms with van der Waals surface area (Å²) in [6, 6.07) is 9.70. The van der Waals surface area contributed by atoms with E-state index < -0.39 is 0 Å². The van der Waals surface area contributed by atoms with E-state index in [1.54, 1.807) is 0 Å². The maximum Gasteiger partial charge on any atom is 0.0634 e. The summed E-state index contributed by atoms with van der Waals surface area (Å²) in [5.41, 5.74) is 0.885. The van der Waals surface area contributed by atoms with Crippen LogP contribution in [0.1, 0.15) is 45.4 Å². The summed E-state index contributed by atoms with van der Waals surface area (Å²) in [7, 11) is 0. The van der Waals surface area contributed by atoms with Crippen molar-refractivity contribution in [2.24, 2.45) is 0 Å². The highest BCUT2D eigenvalue weighted by Crippen LogP contribution is 2.12. The minimum absolute atomic E-state index is 0.732. The molecule has 2 nitrogen and oxygen atoms in total. The number of benzene rings is 1. The summed E-state index contributed by atoms with van der Waals surface area (Å²) in [6.45, 7) is 2.96. The number of anilines is 1. The number of nitrogens with zero attached hydrogens (tertiary/aromatic N) is 1. The molecule has 0 saturated carbocycles. The molecule has 0 unspecified atom stereocenters. The molecule has 0 fully saturated rings. The van der Waals surface area contributed by atoms with Gasteiger partial charge in [0.1, 0.15) is 0 Å². The Morgan fingerprint density at radius 2 is 1.56 bits per heavy atom. The third-order valence-corrected chi connectivity index (χ3v) is 2.78. The lowest BCUT2D eigenvalue weighted by Crippen LogP contribution is -2.19. The van der Waals surface area contributed by atoms with Gasteiger partial charge in [-0.1, -0.05) is 57.2 Å². The van der Waals surface area contributed by atoms with E-state index >= 15 is 0 Å². The number of para-hydroxylation sites is 1. The smallest absolute Gasteiger partial charge is 0.0634 e. The average Bonchev–Trinajstić information content (AvgIpc) is 2.34. The molecule has 0 bridgehead atoms. The maximum absolute atomic E-state index is 9.76. The van der Waals surface area contributed by atoms with Crippen LogP contribution in [-0.4, -0.2) is 11.8 Å². The molecule has 1 rings (SSSR count). The molecule has 90 valence electrons. The van der Waals surface area contributed by atoms with Gasteiger partial charge in [0.25, 0.3) is 0 Å². The van der Waals surface area contributed by atoms with Crippen molar-refractivity contribution in [3.05, 3.63) is 30.3 Å². The highest BCUT2D eigenvalue weighted by molar-refractivity contribution is 5.42. The Morgan fingerprint density at radius 1 is 0.938 bits per heavy atom. The highest BCUT2D eigenvalue weighted by atomic mass is 16.5. The molecular formula is C14H23NO. The summed E-state index contributed by atoms with van der Waals surface area (Å²) in [5.74, 6) is 0. The van der Waals surface area contributed by atoms with E-state index in [1.165, 1.54) is 37.2 Å². The number of rotatable bonds is 8. The second kappa shape index (κ2) is 8.17. The van der Waals surface area contributed by atoms with Gasteiger partial charge in [-0.25, -0.2) is 0 Å². The highest BCUT2D eigenvalue weighted by Gasteiger charge is 2.00. The Balaban J connectivity index is 2.09. The molecule has 0 aliphatic carbocycles. The van der Waals surface area contributed by atoms with Crippen molar-refractivity contribution in [3.63, 3.8) is 0 Å². The Morgan fingerprint density at radius 3 is 2.25 bits per heavy atom. The van der Waals surface area contributed by atoms with Gasteiger partial charge in [-0.2, -0.15) is 0 Å². The van der Waals surface area contributed by atoms with Gasteiger partial charge in [0, 0.05) is 6.54 Å². The fourth-order valence-corrected chi connectivity index (χ4v) is 1.77. The molecule has 0 amide bonds. The van der Waals surface area contributed by atoms with Gasteiger partial charge < -0.3 is 0 Å². The molecule has 1 N–H and O–H groups in total. The van der Waals surface area contributed by atoms with Gasteiger partial charge in [-0.3, -0.25) is 10.3 Å². The Bertz CT molecular complexity index is 261. The second-order valence-corrected chi connectivity index (χ2v) is 4.23. The summed E-state index contributed by atoms with van der Waals surface area (Å²) >= 11 is 0. The van der Waals surface area contributed by atoms with Crippen molar-refractivity contribution in [2.75, 3.05) is 11.6 Å². The van der Waals surface area contributed by atoms with Crippen molar-refractivity contribution in [3.8, 4) is 0 Å². The molecule has 0 spiro atoms. The number of hydroxylamine groups is 1. The molecule has 16 heavy (non-hydrogen) atoms. The van der Waals surface area contributed by atoms with Crippen molar-refractivity contribution >= 4 is 5.69 Å². The second-order valence-electron chi connectivity index (χ2n) is 4.23. The van der Waals surface area contributed by atoms with Gasteiger partial charge in [0.05, 0.1) is 5.69 Å². The van der Waals surface area contributed by atoms with E-state index in [9.17, 15) is 5.21 Å². The van der Waals surface area contributed by atoms with E-state index in [2.05, 4.69) is 6.92 Å². The molecule has 2 heteroatoms. The number of hydrogen-bond donors (Lipinski definition) is 1. The van der Waals surface area contributed by atoms with Crippen LogP contribution in [0.3, 0.4) is 0 Å². The Kier molecular flexibility index (Phi) is 6.66. The lowest BCUT2D eigenvalue weighted by atomic mass is 10.1. The van der Waals surface area contributed by atoms with Gasteiger partial charge in [-0.15, -0.1) is 0 Å². The van der Waals surface area contributed by atoms with E-state index in [1.807, 2.05) is 30.3 Å². The minimum atomic E-state index is 0.732. The fraction of sp³-hybridized carbons (Fsp3) is 0.571.